The van der Waals surface area contributed by atoms with Crippen LogP contribution >= 0.6 is 0 Å². The van der Waals surface area contributed by atoms with E-state index in [9.17, 15) is 0 Å². The van der Waals surface area contributed by atoms with Gasteiger partial charge < -0.3 is 24.4 Å². The van der Waals surface area contributed by atoms with Gasteiger partial charge >= 0.3 is 14.2 Å². The molecule has 1 aromatic carbocycles. The molecule has 2 heterocycles. The van der Waals surface area contributed by atoms with Crippen LogP contribution in [0.5, 0.6) is 0 Å². The van der Waals surface area contributed by atoms with E-state index in [4.69, 9.17) is 24.4 Å². The third kappa shape index (κ3) is 3.01. The fraction of sp³-hybridized carbons (Fsp3) is 0.667. The minimum Gasteiger partial charge on any atom is -0.399 e. The zero-order valence-electron chi connectivity index (χ0n) is 16.6. The molecule has 0 unspecified atom stereocenters. The summed E-state index contributed by atoms with van der Waals surface area (Å²) in [4.78, 5) is 0. The molecule has 3 rings (SSSR count). The van der Waals surface area contributed by atoms with Crippen molar-refractivity contribution >= 4 is 30.8 Å². The number of benzene rings is 1. The first-order valence-corrected chi connectivity index (χ1v) is 8.86. The summed E-state index contributed by atoms with van der Waals surface area (Å²) in [6, 6.07) is 5.77. The zero-order chi connectivity index (χ0) is 18.8. The molecule has 0 bridgehead atoms. The summed E-state index contributed by atoms with van der Waals surface area (Å²) < 4.78 is 24.6. The number of hydrogen-bond donors (Lipinski definition) is 1. The monoisotopic (exact) mass is 345 g/mol. The molecular formula is C18H29B2NO4. The minimum absolute atomic E-state index is 0.385. The molecule has 2 aliphatic heterocycles. The van der Waals surface area contributed by atoms with Crippen LogP contribution in [0.2, 0.25) is 0 Å². The van der Waals surface area contributed by atoms with Crippen LogP contribution in [-0.2, 0) is 18.6 Å². The quantitative estimate of drug-likeness (QED) is 0.655. The summed E-state index contributed by atoms with van der Waals surface area (Å²) in [5.41, 5.74) is 6.98. The maximum absolute atomic E-state index is 6.21. The number of rotatable bonds is 2. The van der Waals surface area contributed by atoms with Gasteiger partial charge in [0.25, 0.3) is 0 Å². The van der Waals surface area contributed by atoms with Crippen molar-refractivity contribution in [3.63, 3.8) is 0 Å². The van der Waals surface area contributed by atoms with Gasteiger partial charge in [-0.1, -0.05) is 12.1 Å². The molecule has 5 nitrogen and oxygen atoms in total. The molecule has 0 aromatic heterocycles. The van der Waals surface area contributed by atoms with Gasteiger partial charge in [-0.3, -0.25) is 0 Å². The Kier molecular flexibility index (Phi) is 4.12. The first kappa shape index (κ1) is 18.8. The zero-order valence-corrected chi connectivity index (χ0v) is 16.6. The predicted molar refractivity (Wildman–Crippen MR) is 102 cm³/mol. The second kappa shape index (κ2) is 5.49. The van der Waals surface area contributed by atoms with E-state index in [-0.39, 0.29) is 11.2 Å². The van der Waals surface area contributed by atoms with E-state index >= 15 is 0 Å². The highest BCUT2D eigenvalue weighted by molar-refractivity contribution is 6.67. The highest BCUT2D eigenvalue weighted by atomic mass is 16.7. The summed E-state index contributed by atoms with van der Waals surface area (Å²) >= 11 is 0. The Labute approximate surface area is 151 Å². The van der Waals surface area contributed by atoms with Gasteiger partial charge in [0.15, 0.2) is 0 Å². The van der Waals surface area contributed by atoms with Crippen LogP contribution in [-0.4, -0.2) is 36.6 Å². The number of hydrogen-bond acceptors (Lipinski definition) is 5. The van der Waals surface area contributed by atoms with E-state index in [0.29, 0.717) is 5.69 Å². The van der Waals surface area contributed by atoms with E-state index in [0.717, 1.165) is 10.9 Å². The Morgan fingerprint density at radius 2 is 1.08 bits per heavy atom. The van der Waals surface area contributed by atoms with E-state index < -0.39 is 25.4 Å². The lowest BCUT2D eigenvalue weighted by molar-refractivity contribution is 0.00578. The van der Waals surface area contributed by atoms with Gasteiger partial charge in [0.2, 0.25) is 0 Å². The molecule has 2 N–H and O–H groups in total. The topological polar surface area (TPSA) is 62.9 Å². The van der Waals surface area contributed by atoms with E-state index in [1.807, 2.05) is 73.6 Å². The Hall–Kier alpha value is -1.01. The molecule has 0 aliphatic carbocycles. The largest absolute Gasteiger partial charge is 0.496 e. The molecule has 0 saturated carbocycles. The minimum atomic E-state index is -0.507. The maximum atomic E-state index is 6.21. The molecule has 2 saturated heterocycles. The van der Waals surface area contributed by atoms with Crippen molar-refractivity contribution in [2.75, 3.05) is 5.73 Å². The van der Waals surface area contributed by atoms with Crippen molar-refractivity contribution in [2.45, 2.75) is 77.8 Å². The SMILES string of the molecule is CC1(C)OB(c2ccc(N)c(B3OC(C)(C)C(C)(C)O3)c2)OC1(C)C. The Morgan fingerprint density at radius 3 is 1.52 bits per heavy atom. The second-order valence-electron chi connectivity index (χ2n) is 9.06. The molecule has 2 aliphatic rings. The van der Waals surface area contributed by atoms with Gasteiger partial charge in [-0.05, 0) is 66.9 Å². The van der Waals surface area contributed by atoms with Gasteiger partial charge in [0.05, 0.1) is 22.4 Å². The Morgan fingerprint density at radius 1 is 0.680 bits per heavy atom. The van der Waals surface area contributed by atoms with Crippen LogP contribution in [0.15, 0.2) is 18.2 Å². The lowest BCUT2D eigenvalue weighted by atomic mass is 9.71. The third-order valence-electron chi connectivity index (χ3n) is 6.14. The van der Waals surface area contributed by atoms with Gasteiger partial charge in [0.1, 0.15) is 0 Å². The van der Waals surface area contributed by atoms with Gasteiger partial charge in [-0.15, -0.1) is 0 Å². The summed E-state index contributed by atoms with van der Waals surface area (Å²) in [7, 11) is -0.945. The van der Waals surface area contributed by atoms with Crippen LogP contribution in [0.25, 0.3) is 0 Å². The molecule has 25 heavy (non-hydrogen) atoms. The van der Waals surface area contributed by atoms with E-state index in [2.05, 4.69) is 0 Å². The summed E-state index contributed by atoms with van der Waals surface area (Å²) in [5, 5.41) is 0. The van der Waals surface area contributed by atoms with Crippen molar-refractivity contribution in [3.8, 4) is 0 Å². The fourth-order valence-corrected chi connectivity index (χ4v) is 2.89. The van der Waals surface area contributed by atoms with Crippen molar-refractivity contribution in [1.82, 2.24) is 0 Å². The average Bonchev–Trinajstić information content (AvgIpc) is 2.79. The Bertz CT molecular complexity index is 656. The second-order valence-corrected chi connectivity index (χ2v) is 9.06. The average molecular weight is 345 g/mol. The summed E-state index contributed by atoms with van der Waals surface area (Å²) in [6.45, 7) is 16.3. The predicted octanol–water partition coefficient (Wildman–Crippen LogP) is 1.87. The molecule has 0 amide bonds. The van der Waals surface area contributed by atoms with Crippen LogP contribution in [0, 0.1) is 0 Å². The molecule has 7 heteroatoms. The van der Waals surface area contributed by atoms with Gasteiger partial charge in [0, 0.05) is 11.2 Å². The standard InChI is InChI=1S/C18H29B2NO4/c1-15(2)16(3,4)23-19(22-15)12-9-10-14(21)13(11-12)20-24-17(5,6)18(7,8)25-20/h9-11H,21H2,1-8H3. The maximum Gasteiger partial charge on any atom is 0.496 e. The van der Waals surface area contributed by atoms with Crippen LogP contribution in [0.3, 0.4) is 0 Å². The van der Waals surface area contributed by atoms with Crippen molar-refractivity contribution in [3.05, 3.63) is 18.2 Å². The highest BCUT2D eigenvalue weighted by Crippen LogP contribution is 2.38. The lowest BCUT2D eigenvalue weighted by Gasteiger charge is -2.32. The summed E-state index contributed by atoms with van der Waals surface area (Å²) in [6.07, 6.45) is 0. The molecule has 136 valence electrons. The molecule has 0 radical (unpaired) electrons. The normalized spacial score (nSPS) is 26.2. The molecule has 2 fully saturated rings. The van der Waals surface area contributed by atoms with Gasteiger partial charge in [-0.2, -0.15) is 0 Å². The van der Waals surface area contributed by atoms with Gasteiger partial charge in [-0.25, -0.2) is 0 Å². The molecule has 0 atom stereocenters. The highest BCUT2D eigenvalue weighted by Gasteiger charge is 2.54. The van der Waals surface area contributed by atoms with Crippen molar-refractivity contribution in [1.29, 1.82) is 0 Å². The van der Waals surface area contributed by atoms with Crippen LogP contribution in [0.4, 0.5) is 5.69 Å². The smallest absolute Gasteiger partial charge is 0.399 e. The third-order valence-corrected chi connectivity index (χ3v) is 6.14. The molecule has 0 spiro atoms. The van der Waals surface area contributed by atoms with Crippen LogP contribution < -0.4 is 16.7 Å². The number of nitrogen functional groups attached to an aromatic ring is 1. The first-order valence-electron chi connectivity index (χ1n) is 8.86. The fourth-order valence-electron chi connectivity index (χ4n) is 2.89. The molecular weight excluding hydrogens is 316 g/mol. The summed E-state index contributed by atoms with van der Waals surface area (Å²) in [5.74, 6) is 0. The van der Waals surface area contributed by atoms with Crippen LogP contribution in [0.1, 0.15) is 55.4 Å². The first-order chi connectivity index (χ1) is 11.3. The van der Waals surface area contributed by atoms with E-state index in [1.54, 1.807) is 0 Å². The Balaban J connectivity index is 1.91. The molecule has 1 aromatic rings. The van der Waals surface area contributed by atoms with E-state index in [1.165, 1.54) is 0 Å². The number of nitrogens with two attached hydrogens (primary N) is 1. The van der Waals surface area contributed by atoms with Crippen molar-refractivity contribution in [2.24, 2.45) is 0 Å². The number of anilines is 1. The van der Waals surface area contributed by atoms with Crippen molar-refractivity contribution < 1.29 is 18.6 Å². The lowest BCUT2D eigenvalue weighted by Crippen LogP contribution is -2.42.